The number of rotatable bonds is 20. The average molecular weight is 1390 g/mol. The van der Waals surface area contributed by atoms with Gasteiger partial charge >= 0.3 is 35.8 Å². The minimum absolute atomic E-state index is 0.0219. The first-order valence-corrected chi connectivity index (χ1v) is 32.1. The molecular weight excluding hydrogens is 1320 g/mol. The maximum atomic E-state index is 13.3. The molecule has 0 fully saturated rings. The Morgan fingerprint density at radius 2 is 1.00 bits per heavy atom. The first kappa shape index (κ1) is 72.2. The number of hydrogen-bond donors (Lipinski definition) is 3. The quantitative estimate of drug-likeness (QED) is 0.0276. The second kappa shape index (κ2) is 31.1. The summed E-state index contributed by atoms with van der Waals surface area (Å²) in [7, 11) is 2.69. The molecule has 0 saturated carbocycles. The molecule has 522 valence electrons. The van der Waals surface area contributed by atoms with Crippen LogP contribution in [0.25, 0.3) is 50.4 Å². The van der Waals surface area contributed by atoms with E-state index in [4.69, 9.17) is 29.5 Å². The minimum atomic E-state index is -1.10. The van der Waals surface area contributed by atoms with E-state index in [-0.39, 0.29) is 76.0 Å². The van der Waals surface area contributed by atoms with E-state index < -0.39 is 47.8 Å². The number of nitrogens with zero attached hydrogens (tertiary/aromatic N) is 9. The van der Waals surface area contributed by atoms with Gasteiger partial charge in [-0.15, -0.1) is 0 Å². The van der Waals surface area contributed by atoms with Gasteiger partial charge < -0.3 is 43.2 Å². The Morgan fingerprint density at radius 3 is 1.50 bits per heavy atom. The molecule has 26 nitrogen and oxygen atoms in total. The number of hydrazone groups is 3. The number of hydrogen-bond acceptors (Lipinski definition) is 17. The molecule has 3 aliphatic rings. The summed E-state index contributed by atoms with van der Waals surface area (Å²) in [5.41, 5.74) is 7.91. The van der Waals surface area contributed by atoms with Crippen molar-refractivity contribution in [3.63, 3.8) is 0 Å². The van der Waals surface area contributed by atoms with Crippen LogP contribution in [-0.2, 0) is 59.1 Å². The Hall–Kier alpha value is -13.5. The monoisotopic (exact) mass is 1390 g/mol. The lowest BCUT2D eigenvalue weighted by Crippen LogP contribution is -2.22. The zero-order valence-electron chi connectivity index (χ0n) is 56.8. The summed E-state index contributed by atoms with van der Waals surface area (Å²) in [6.07, 6.45) is 12.8. The number of fused-ring (bicyclic) bond motifs is 3. The van der Waals surface area contributed by atoms with Gasteiger partial charge in [-0.1, -0.05) is 73.7 Å². The second-order valence-electron chi connectivity index (χ2n) is 23.4. The van der Waals surface area contributed by atoms with Gasteiger partial charge in [-0.2, -0.15) is 30.3 Å². The van der Waals surface area contributed by atoms with Gasteiger partial charge in [-0.05, 0) is 143 Å². The largest absolute Gasteiger partial charge is 0.478 e. The highest BCUT2D eigenvalue weighted by Crippen LogP contribution is 2.36. The Kier molecular flexibility index (Phi) is 21.8. The third-order valence-corrected chi connectivity index (χ3v) is 17.1. The summed E-state index contributed by atoms with van der Waals surface area (Å²) in [5.74, 6) is -6.02. The SMILES string of the molecule is CCC(=O)Cn1cc(C=C2C(=O)N(c3ccc(C(=O)O)cc3)N=C2C=O)c2ccccc21.CCOC(=O)C1=NN(c2ccc(C(=O)O)cc2)C(=O)C1=C/C=C/c1cn(C(C)C(=O)OC)c2ccccc12.COC(=O)C(C)n1cc(/C(C)=C2\C(=O)N(c3ccc(C(=O)O)cc3)N=C2C)c2ccccc21. The van der Waals surface area contributed by atoms with Crippen LogP contribution in [0.15, 0.2) is 208 Å². The van der Waals surface area contributed by atoms with E-state index in [0.717, 1.165) is 59.4 Å². The molecule has 12 rings (SSSR count). The van der Waals surface area contributed by atoms with E-state index in [1.165, 1.54) is 86.0 Å². The summed E-state index contributed by atoms with van der Waals surface area (Å²) in [5, 5.41) is 46.0. The Balaban J connectivity index is 0.000000167. The molecule has 3 amide bonds. The number of aromatic carboxylic acids is 3. The number of carboxylic acid groups (broad SMARTS) is 3. The van der Waals surface area contributed by atoms with Crippen LogP contribution in [0.4, 0.5) is 17.1 Å². The highest BCUT2D eigenvalue weighted by molar-refractivity contribution is 6.53. The summed E-state index contributed by atoms with van der Waals surface area (Å²) in [6, 6.07) is 38.8. The lowest BCUT2D eigenvalue weighted by atomic mass is 9.98. The number of ether oxygens (including phenoxy) is 3. The molecule has 0 radical (unpaired) electrons. The number of esters is 3. The lowest BCUT2D eigenvalue weighted by Gasteiger charge is -2.13. The Morgan fingerprint density at radius 1 is 0.544 bits per heavy atom. The highest BCUT2D eigenvalue weighted by atomic mass is 16.5. The number of para-hydroxylation sites is 3. The molecule has 0 bridgehead atoms. The normalized spacial score (nSPS) is 15.4. The highest BCUT2D eigenvalue weighted by Gasteiger charge is 2.37. The number of allylic oxidation sites excluding steroid dienone is 3. The number of anilines is 3. The van der Waals surface area contributed by atoms with Crippen LogP contribution in [0.5, 0.6) is 0 Å². The topological polar surface area (TPSA) is 338 Å². The molecule has 3 aliphatic heterocycles. The van der Waals surface area contributed by atoms with E-state index in [1.807, 2.05) is 106 Å². The van der Waals surface area contributed by atoms with Crippen molar-refractivity contribution < 1.29 is 82.3 Å². The standard InChI is InChI=1S/C28H25N3O7.C25H23N3O5.C24H19N3O5/c1-4-38-28(36)24-22(25(32)31(29-24)20-14-12-18(13-15-20)26(33)34)10-7-8-19-16-30(17(2)27(35)37-3)23-11-6-5-9-21(19)23;1-14(20-13-27(16(3)25(32)33-4)21-8-6-5-7-19(20)21)22-15(2)26-28(23(22)29)18-11-9-17(10-12-18)24(30)31;1-2-18(29)13-26-12-16(19-5-3-4-6-22(19)26)11-20-21(14-28)25-27(23(20)30)17-9-7-15(8-10-17)24(31)32/h5-17H,4H2,1-3H3,(H,33,34);5-13,16H,1-4H3,(H,30,31);3-12,14H,2,13H2,1H3,(H,31,32)/b8-7+,22-10?;22-14-;. The van der Waals surface area contributed by atoms with Crippen LogP contribution in [0.2, 0.25) is 0 Å². The molecule has 0 spiro atoms. The number of ketones is 1. The molecule has 0 saturated heterocycles. The number of carboxylic acids is 3. The Labute approximate surface area is 587 Å². The smallest absolute Gasteiger partial charge is 0.359 e. The van der Waals surface area contributed by atoms with Crippen molar-refractivity contribution >= 4 is 150 Å². The van der Waals surface area contributed by atoms with Crippen LogP contribution < -0.4 is 15.0 Å². The number of carbonyl (C=O) groups is 11. The van der Waals surface area contributed by atoms with Crippen molar-refractivity contribution in [2.24, 2.45) is 15.3 Å². The summed E-state index contributed by atoms with van der Waals surface area (Å²) >= 11 is 0. The van der Waals surface area contributed by atoms with Crippen molar-refractivity contribution in [3.8, 4) is 0 Å². The molecule has 6 aromatic carbocycles. The zero-order chi connectivity index (χ0) is 74.1. The van der Waals surface area contributed by atoms with E-state index in [0.29, 0.717) is 46.6 Å². The number of methoxy groups -OCH3 is 2. The maximum Gasteiger partial charge on any atom is 0.359 e. The fraction of sp³-hybridized carbons (Fsp3) is 0.169. The van der Waals surface area contributed by atoms with Crippen molar-refractivity contribution in [3.05, 3.63) is 226 Å². The first-order valence-electron chi connectivity index (χ1n) is 32.1. The maximum absolute atomic E-state index is 13.3. The van der Waals surface area contributed by atoms with Crippen molar-refractivity contribution in [2.45, 2.75) is 66.6 Å². The number of carbonyl (C=O) groups excluding carboxylic acids is 8. The number of amides is 3. The molecule has 6 heterocycles. The molecule has 3 aromatic heterocycles. The first-order chi connectivity index (χ1) is 49.4. The lowest BCUT2D eigenvalue weighted by molar-refractivity contribution is -0.144. The summed E-state index contributed by atoms with van der Waals surface area (Å²) < 4.78 is 20.4. The molecule has 9 aromatic rings. The van der Waals surface area contributed by atoms with Crippen LogP contribution in [-0.4, -0.2) is 133 Å². The molecule has 2 atom stereocenters. The minimum Gasteiger partial charge on any atom is -0.478 e. The predicted octanol–water partition coefficient (Wildman–Crippen LogP) is 11.6. The van der Waals surface area contributed by atoms with Gasteiger partial charge in [0.1, 0.15) is 17.8 Å². The molecular formula is C77H67N9O17. The molecule has 0 aliphatic carbocycles. The number of aromatic nitrogens is 3. The van der Waals surface area contributed by atoms with Crippen LogP contribution in [0, 0.1) is 0 Å². The van der Waals surface area contributed by atoms with Crippen LogP contribution >= 0.6 is 0 Å². The van der Waals surface area contributed by atoms with Gasteiger partial charge in [0.05, 0.1) is 83.6 Å². The van der Waals surface area contributed by atoms with Gasteiger partial charge in [-0.3, -0.25) is 24.0 Å². The van der Waals surface area contributed by atoms with Gasteiger partial charge in [0.15, 0.2) is 17.8 Å². The van der Waals surface area contributed by atoms with Gasteiger partial charge in [-0.25, -0.2) is 28.8 Å². The zero-order valence-corrected chi connectivity index (χ0v) is 56.8. The fourth-order valence-corrected chi connectivity index (χ4v) is 11.7. The van der Waals surface area contributed by atoms with Crippen molar-refractivity contribution in [1.29, 1.82) is 0 Å². The summed E-state index contributed by atoms with van der Waals surface area (Å²) in [4.78, 5) is 134. The average Bonchev–Trinajstić information content (AvgIpc) is 1.62. The van der Waals surface area contributed by atoms with E-state index in [2.05, 4.69) is 15.3 Å². The predicted molar refractivity (Wildman–Crippen MR) is 386 cm³/mol. The number of Topliss-reactive ketones (excluding diaryl/α,β-unsaturated/α-hetero) is 1. The fourth-order valence-electron chi connectivity index (χ4n) is 11.7. The third kappa shape index (κ3) is 14.9. The van der Waals surface area contributed by atoms with Gasteiger partial charge in [0.25, 0.3) is 17.7 Å². The van der Waals surface area contributed by atoms with Crippen LogP contribution in [0.1, 0.15) is 108 Å². The molecule has 103 heavy (non-hydrogen) atoms. The van der Waals surface area contributed by atoms with E-state index >= 15 is 0 Å². The molecule has 2 unspecified atom stereocenters. The van der Waals surface area contributed by atoms with Crippen LogP contribution in [0.3, 0.4) is 0 Å². The van der Waals surface area contributed by atoms with E-state index in [9.17, 15) is 52.7 Å². The second-order valence-corrected chi connectivity index (χ2v) is 23.4. The molecule has 3 N–H and O–H groups in total. The third-order valence-electron chi connectivity index (χ3n) is 17.1. The van der Waals surface area contributed by atoms with Crippen molar-refractivity contribution in [2.75, 3.05) is 35.9 Å². The number of benzene rings is 6. The molecule has 26 heteroatoms. The Bertz CT molecular complexity index is 5200. The van der Waals surface area contributed by atoms with Crippen molar-refractivity contribution in [1.82, 2.24) is 13.7 Å². The number of aldehydes is 1. The van der Waals surface area contributed by atoms with E-state index in [1.54, 1.807) is 71.2 Å². The summed E-state index contributed by atoms with van der Waals surface area (Å²) in [6.45, 7) is 10.9. The van der Waals surface area contributed by atoms with Gasteiger partial charge in [0.2, 0.25) is 0 Å². The van der Waals surface area contributed by atoms with Gasteiger partial charge in [0, 0.05) is 74.4 Å².